The predicted molar refractivity (Wildman–Crippen MR) is 281 cm³/mol. The molecule has 0 bridgehead atoms. The van der Waals surface area contributed by atoms with E-state index in [2.05, 4.69) is 255 Å². The first-order valence-corrected chi connectivity index (χ1v) is 24.8. The van der Waals surface area contributed by atoms with Crippen LogP contribution in [0.4, 0.5) is 0 Å². The van der Waals surface area contributed by atoms with Gasteiger partial charge in [-0.1, -0.05) is 150 Å². The van der Waals surface area contributed by atoms with E-state index in [1.807, 2.05) is 0 Å². The van der Waals surface area contributed by atoms with Gasteiger partial charge in [-0.3, -0.25) is 0 Å². The molecule has 1 radical (unpaired) electrons. The molecule has 0 unspecified atom stereocenters. The molecule has 10 aromatic carbocycles. The molecule has 0 saturated carbocycles. The molecule has 0 saturated heterocycles. The predicted octanol–water partition coefficient (Wildman–Crippen LogP) is 14.3. The van der Waals surface area contributed by atoms with E-state index < -0.39 is 8.80 Å². The van der Waals surface area contributed by atoms with Crippen LogP contribution in [0.1, 0.15) is 0 Å². The van der Waals surface area contributed by atoms with E-state index in [9.17, 15) is 0 Å². The highest BCUT2D eigenvalue weighted by Crippen LogP contribution is 2.39. The molecule has 0 fully saturated rings. The van der Waals surface area contributed by atoms with E-state index in [0.717, 1.165) is 0 Å². The Balaban J connectivity index is 0.863. The van der Waals surface area contributed by atoms with Crippen molar-refractivity contribution in [2.75, 3.05) is 0 Å². The molecular formula is C61H41N4Si. The van der Waals surface area contributed by atoms with Gasteiger partial charge in [-0.25, -0.2) is 0 Å². The average Bonchev–Trinajstić information content (AvgIpc) is 4.11. The van der Waals surface area contributed by atoms with Crippen LogP contribution < -0.4 is 10.4 Å². The fraction of sp³-hybridized carbons (Fsp3) is 0.0164. The maximum absolute atomic E-state index is 2.46. The Bertz CT molecular complexity index is 3890. The van der Waals surface area contributed by atoms with E-state index >= 15 is 0 Å². The van der Waals surface area contributed by atoms with Crippen LogP contribution in [0.5, 0.6) is 0 Å². The van der Waals surface area contributed by atoms with Gasteiger partial charge >= 0.3 is 0 Å². The standard InChI is InChI=1S/C61H41N4Si/c1-66(44-18-14-16-40(36-44)62-58-30-12-6-24-50(58)52-38-42(32-34-60(52)62)64-54-26-8-2-20-46(54)47-21-3-9-27-55(47)64)45-19-15-17-41(37-45)63-59-31-13-7-25-51(59)53-39-43(33-35-61(53)63)65-56-28-10-4-22-48(56)49-23-5-11-29-57(49)65/h2-39H,1H3. The summed E-state index contributed by atoms with van der Waals surface area (Å²) >= 11 is 0. The fourth-order valence-corrected chi connectivity index (χ4v) is 12.8. The van der Waals surface area contributed by atoms with Crippen LogP contribution in [-0.4, -0.2) is 27.1 Å². The van der Waals surface area contributed by atoms with Crippen molar-refractivity contribution in [1.29, 1.82) is 0 Å². The minimum Gasteiger partial charge on any atom is -0.309 e. The number of hydrogen-bond donors (Lipinski definition) is 0. The molecule has 0 aliphatic rings. The van der Waals surface area contributed by atoms with Crippen LogP contribution >= 0.6 is 0 Å². The number of nitrogens with zero attached hydrogens (tertiary/aromatic N) is 4. The molecule has 0 aliphatic carbocycles. The van der Waals surface area contributed by atoms with Crippen LogP contribution in [0.25, 0.3) is 110 Å². The molecule has 0 spiro atoms. The van der Waals surface area contributed by atoms with Crippen molar-refractivity contribution in [3.05, 3.63) is 231 Å². The van der Waals surface area contributed by atoms with E-state index in [4.69, 9.17) is 0 Å². The van der Waals surface area contributed by atoms with Gasteiger partial charge < -0.3 is 18.3 Å². The lowest BCUT2D eigenvalue weighted by Gasteiger charge is -2.16. The smallest absolute Gasteiger partial charge is 0.118 e. The maximum atomic E-state index is 2.46. The number of fused-ring (bicyclic) bond motifs is 12. The van der Waals surface area contributed by atoms with Gasteiger partial charge in [-0.05, 0) is 97.1 Å². The summed E-state index contributed by atoms with van der Waals surface area (Å²) in [5, 5.41) is 12.8. The van der Waals surface area contributed by atoms with E-state index in [1.165, 1.54) is 120 Å². The largest absolute Gasteiger partial charge is 0.309 e. The Morgan fingerprint density at radius 2 is 0.485 bits per heavy atom. The second-order valence-electron chi connectivity index (χ2n) is 17.6. The molecule has 4 nitrogen and oxygen atoms in total. The fourth-order valence-electron chi connectivity index (χ4n) is 11.1. The van der Waals surface area contributed by atoms with Gasteiger partial charge in [0.1, 0.15) is 8.80 Å². The number of benzene rings is 10. The van der Waals surface area contributed by atoms with Crippen molar-refractivity contribution in [3.63, 3.8) is 0 Å². The minimum atomic E-state index is -1.17. The lowest BCUT2D eigenvalue weighted by atomic mass is 10.1. The van der Waals surface area contributed by atoms with Gasteiger partial charge in [0.05, 0.1) is 44.1 Å². The Morgan fingerprint density at radius 3 is 0.803 bits per heavy atom. The zero-order valence-electron chi connectivity index (χ0n) is 36.2. The summed E-state index contributed by atoms with van der Waals surface area (Å²) < 4.78 is 9.75. The first-order chi connectivity index (χ1) is 32.7. The Morgan fingerprint density at radius 1 is 0.227 bits per heavy atom. The Labute approximate surface area is 382 Å². The van der Waals surface area contributed by atoms with Crippen LogP contribution in [0.3, 0.4) is 0 Å². The Kier molecular flexibility index (Phi) is 8.03. The van der Waals surface area contributed by atoms with Gasteiger partial charge in [0.2, 0.25) is 0 Å². The number of rotatable bonds is 6. The quantitative estimate of drug-likeness (QED) is 0.149. The van der Waals surface area contributed by atoms with Crippen molar-refractivity contribution in [2.45, 2.75) is 6.55 Å². The molecule has 0 aliphatic heterocycles. The molecule has 66 heavy (non-hydrogen) atoms. The van der Waals surface area contributed by atoms with Gasteiger partial charge in [-0.2, -0.15) is 0 Å². The molecule has 309 valence electrons. The molecule has 0 amide bonds. The maximum Gasteiger partial charge on any atom is 0.118 e. The summed E-state index contributed by atoms with van der Waals surface area (Å²) in [5.74, 6) is 0. The molecule has 0 atom stereocenters. The SMILES string of the molecule is C[Si](c1cccc(-n2c3ccccc3c3cc(-n4c5ccccc5c5ccccc54)ccc32)c1)c1cccc(-n2c3ccccc3c3cc(-n4c5ccccc5c5ccccc54)ccc32)c1. The summed E-state index contributed by atoms with van der Waals surface area (Å²) in [6.45, 7) is 2.44. The zero-order valence-corrected chi connectivity index (χ0v) is 37.2. The summed E-state index contributed by atoms with van der Waals surface area (Å²) in [6.07, 6.45) is 0. The van der Waals surface area contributed by atoms with Gasteiger partial charge in [0, 0.05) is 65.8 Å². The van der Waals surface area contributed by atoms with Crippen molar-refractivity contribution in [1.82, 2.24) is 18.3 Å². The zero-order chi connectivity index (χ0) is 43.5. The highest BCUT2D eigenvalue weighted by molar-refractivity contribution is 6.84. The summed E-state index contributed by atoms with van der Waals surface area (Å²) in [7, 11) is -1.17. The van der Waals surface area contributed by atoms with Gasteiger partial charge in [0.15, 0.2) is 0 Å². The molecular weight excluding hydrogens is 817 g/mol. The number of para-hydroxylation sites is 6. The number of aromatic nitrogens is 4. The summed E-state index contributed by atoms with van der Waals surface area (Å²) in [4.78, 5) is 0. The van der Waals surface area contributed by atoms with Crippen molar-refractivity contribution >= 4 is 106 Å². The highest BCUT2D eigenvalue weighted by atomic mass is 28.3. The lowest BCUT2D eigenvalue weighted by Crippen LogP contribution is -2.39. The third kappa shape index (κ3) is 5.38. The number of hydrogen-bond acceptors (Lipinski definition) is 0. The minimum absolute atomic E-state index is 1.17. The topological polar surface area (TPSA) is 19.7 Å². The van der Waals surface area contributed by atoms with Gasteiger partial charge in [-0.15, -0.1) is 0 Å². The van der Waals surface area contributed by atoms with Crippen LogP contribution in [0, 0.1) is 0 Å². The van der Waals surface area contributed by atoms with E-state index in [-0.39, 0.29) is 0 Å². The third-order valence-corrected chi connectivity index (χ3v) is 16.4. The molecule has 14 rings (SSSR count). The molecule has 14 aromatic rings. The second-order valence-corrected chi connectivity index (χ2v) is 20.0. The summed E-state index contributed by atoms with van der Waals surface area (Å²) in [5.41, 5.74) is 14.4. The Hall–Kier alpha value is -8.38. The van der Waals surface area contributed by atoms with E-state index in [0.29, 0.717) is 0 Å². The van der Waals surface area contributed by atoms with Crippen molar-refractivity contribution in [2.24, 2.45) is 0 Å². The first-order valence-electron chi connectivity index (χ1n) is 22.8. The second kappa shape index (κ2) is 14.3. The van der Waals surface area contributed by atoms with Crippen LogP contribution in [-0.2, 0) is 0 Å². The molecule has 4 heterocycles. The van der Waals surface area contributed by atoms with Crippen LogP contribution in [0.2, 0.25) is 6.55 Å². The molecule has 0 N–H and O–H groups in total. The molecule has 4 aromatic heterocycles. The monoisotopic (exact) mass is 857 g/mol. The third-order valence-electron chi connectivity index (χ3n) is 14.1. The summed E-state index contributed by atoms with van der Waals surface area (Å²) in [6, 6.07) is 85.3. The van der Waals surface area contributed by atoms with E-state index in [1.54, 1.807) is 0 Å². The van der Waals surface area contributed by atoms with Crippen molar-refractivity contribution < 1.29 is 0 Å². The van der Waals surface area contributed by atoms with Gasteiger partial charge in [0.25, 0.3) is 0 Å². The normalized spacial score (nSPS) is 12.2. The average molecular weight is 858 g/mol. The van der Waals surface area contributed by atoms with Crippen molar-refractivity contribution in [3.8, 4) is 22.7 Å². The highest BCUT2D eigenvalue weighted by Gasteiger charge is 2.20. The lowest BCUT2D eigenvalue weighted by molar-refractivity contribution is 1.17. The molecule has 5 heteroatoms. The first kappa shape index (κ1) is 37.0. The van der Waals surface area contributed by atoms with Crippen LogP contribution in [0.15, 0.2) is 231 Å².